The molecule has 0 amide bonds. The van der Waals surface area contributed by atoms with Gasteiger partial charge in [-0.25, -0.2) is 0 Å². The van der Waals surface area contributed by atoms with Crippen molar-refractivity contribution >= 4 is 0 Å². The Morgan fingerprint density at radius 1 is 1.40 bits per heavy atom. The molecule has 0 aliphatic heterocycles. The van der Waals surface area contributed by atoms with Gasteiger partial charge in [-0.1, -0.05) is 12.1 Å². The van der Waals surface area contributed by atoms with Gasteiger partial charge in [-0.15, -0.1) is 0 Å². The third-order valence-corrected chi connectivity index (χ3v) is 2.40. The summed E-state index contributed by atoms with van der Waals surface area (Å²) >= 11 is 0. The molecular weight excluding hydrogens is 190 g/mol. The van der Waals surface area contributed by atoms with Gasteiger partial charge >= 0.3 is 0 Å². The maximum Gasteiger partial charge on any atom is 0.188 e. The summed E-state index contributed by atoms with van der Waals surface area (Å²) in [5, 5.41) is 3.20. The Labute approximate surface area is 91.4 Å². The molecule has 0 bridgehead atoms. The molecule has 0 aliphatic rings. The van der Waals surface area contributed by atoms with E-state index in [0.717, 1.165) is 11.3 Å². The van der Waals surface area contributed by atoms with Crippen LogP contribution < -0.4 is 10.1 Å². The summed E-state index contributed by atoms with van der Waals surface area (Å²) in [6, 6.07) is 6.48. The standard InChI is InChI=1S/C12H19NO2/c1-9-5-6-11(10(2)13-3)12(7-9)15-8-14-4/h5-7,10,13H,8H2,1-4H3. The summed E-state index contributed by atoms with van der Waals surface area (Å²) < 4.78 is 10.4. The lowest BCUT2D eigenvalue weighted by Gasteiger charge is -2.16. The van der Waals surface area contributed by atoms with Crippen LogP contribution in [0.15, 0.2) is 18.2 Å². The Kier molecular flexibility index (Phi) is 4.59. The molecule has 3 heteroatoms. The van der Waals surface area contributed by atoms with Crippen LogP contribution in [0, 0.1) is 6.92 Å². The fourth-order valence-corrected chi connectivity index (χ4v) is 1.40. The van der Waals surface area contributed by atoms with Crippen molar-refractivity contribution in [1.29, 1.82) is 0 Å². The highest BCUT2D eigenvalue weighted by atomic mass is 16.7. The van der Waals surface area contributed by atoms with Gasteiger partial charge in [0.1, 0.15) is 5.75 Å². The topological polar surface area (TPSA) is 30.5 Å². The average Bonchev–Trinajstić information content (AvgIpc) is 2.25. The highest BCUT2D eigenvalue weighted by Crippen LogP contribution is 2.26. The number of methoxy groups -OCH3 is 1. The van der Waals surface area contributed by atoms with Gasteiger partial charge in [0.2, 0.25) is 0 Å². The number of aryl methyl sites for hydroxylation is 1. The van der Waals surface area contributed by atoms with Crippen LogP contribution in [-0.4, -0.2) is 21.0 Å². The minimum absolute atomic E-state index is 0.275. The van der Waals surface area contributed by atoms with E-state index in [1.807, 2.05) is 20.0 Å². The Balaban J connectivity index is 2.92. The summed E-state index contributed by atoms with van der Waals surface area (Å²) in [4.78, 5) is 0. The molecule has 0 aliphatic carbocycles. The lowest BCUT2D eigenvalue weighted by Crippen LogP contribution is -2.14. The number of benzene rings is 1. The molecule has 15 heavy (non-hydrogen) atoms. The van der Waals surface area contributed by atoms with E-state index in [9.17, 15) is 0 Å². The van der Waals surface area contributed by atoms with E-state index in [1.54, 1.807) is 7.11 Å². The van der Waals surface area contributed by atoms with Crippen molar-refractivity contribution in [3.8, 4) is 5.75 Å². The van der Waals surface area contributed by atoms with Crippen molar-refractivity contribution in [2.75, 3.05) is 21.0 Å². The molecule has 0 radical (unpaired) electrons. The van der Waals surface area contributed by atoms with Crippen LogP contribution in [0.4, 0.5) is 0 Å². The molecule has 0 saturated heterocycles. The van der Waals surface area contributed by atoms with Crippen LogP contribution in [0.5, 0.6) is 5.75 Å². The molecule has 0 fully saturated rings. The summed E-state index contributed by atoms with van der Waals surface area (Å²) in [6.45, 7) is 4.44. The second-order valence-electron chi connectivity index (χ2n) is 3.60. The van der Waals surface area contributed by atoms with Crippen molar-refractivity contribution in [3.05, 3.63) is 29.3 Å². The monoisotopic (exact) mass is 209 g/mol. The molecule has 0 aromatic heterocycles. The molecule has 0 heterocycles. The molecule has 3 nitrogen and oxygen atoms in total. The van der Waals surface area contributed by atoms with Gasteiger partial charge in [0.25, 0.3) is 0 Å². The zero-order valence-electron chi connectivity index (χ0n) is 9.83. The fourth-order valence-electron chi connectivity index (χ4n) is 1.40. The molecule has 1 atom stereocenters. The normalized spacial score (nSPS) is 12.5. The van der Waals surface area contributed by atoms with Crippen LogP contribution in [-0.2, 0) is 4.74 Å². The first-order chi connectivity index (χ1) is 7.19. The SMILES string of the molecule is CNC(C)c1ccc(C)cc1OCOC. The van der Waals surface area contributed by atoms with E-state index in [0.29, 0.717) is 0 Å². The molecule has 1 aromatic carbocycles. The highest BCUT2D eigenvalue weighted by Gasteiger charge is 2.09. The first-order valence-corrected chi connectivity index (χ1v) is 5.08. The van der Waals surface area contributed by atoms with Gasteiger partial charge in [-0.05, 0) is 32.5 Å². The van der Waals surface area contributed by atoms with Crippen LogP contribution in [0.3, 0.4) is 0 Å². The van der Waals surface area contributed by atoms with Gasteiger partial charge in [0.15, 0.2) is 6.79 Å². The Hall–Kier alpha value is -1.06. The molecule has 1 unspecified atom stereocenters. The minimum atomic E-state index is 0.275. The molecule has 1 rings (SSSR count). The average molecular weight is 209 g/mol. The van der Waals surface area contributed by atoms with Crippen LogP contribution in [0.1, 0.15) is 24.1 Å². The number of ether oxygens (including phenoxy) is 2. The summed E-state index contributed by atoms with van der Waals surface area (Å²) in [5.41, 5.74) is 2.34. The Bertz CT molecular complexity index is 312. The largest absolute Gasteiger partial charge is 0.467 e. The van der Waals surface area contributed by atoms with E-state index >= 15 is 0 Å². The second-order valence-corrected chi connectivity index (χ2v) is 3.60. The van der Waals surface area contributed by atoms with E-state index < -0.39 is 0 Å². The lowest BCUT2D eigenvalue weighted by atomic mass is 10.1. The van der Waals surface area contributed by atoms with E-state index in [-0.39, 0.29) is 12.8 Å². The summed E-state index contributed by atoms with van der Waals surface area (Å²) in [7, 11) is 3.56. The first-order valence-electron chi connectivity index (χ1n) is 5.08. The van der Waals surface area contributed by atoms with Crippen molar-refractivity contribution in [3.63, 3.8) is 0 Å². The van der Waals surface area contributed by atoms with Gasteiger partial charge in [0, 0.05) is 18.7 Å². The summed E-state index contributed by atoms with van der Waals surface area (Å²) in [5.74, 6) is 0.888. The van der Waals surface area contributed by atoms with Crippen LogP contribution in [0.2, 0.25) is 0 Å². The maximum absolute atomic E-state index is 5.53. The van der Waals surface area contributed by atoms with Gasteiger partial charge in [-0.3, -0.25) is 0 Å². The molecular formula is C12H19NO2. The Morgan fingerprint density at radius 2 is 2.13 bits per heavy atom. The van der Waals surface area contributed by atoms with Crippen molar-refractivity contribution in [2.24, 2.45) is 0 Å². The van der Waals surface area contributed by atoms with E-state index in [4.69, 9.17) is 9.47 Å². The van der Waals surface area contributed by atoms with Gasteiger partial charge in [0.05, 0.1) is 0 Å². The number of nitrogens with one attached hydrogen (secondary N) is 1. The number of hydrogen-bond donors (Lipinski definition) is 1. The zero-order chi connectivity index (χ0) is 11.3. The van der Waals surface area contributed by atoms with Gasteiger partial charge in [-0.2, -0.15) is 0 Å². The fraction of sp³-hybridized carbons (Fsp3) is 0.500. The quantitative estimate of drug-likeness (QED) is 0.754. The zero-order valence-corrected chi connectivity index (χ0v) is 9.83. The number of rotatable bonds is 5. The Morgan fingerprint density at radius 3 is 2.73 bits per heavy atom. The molecule has 1 N–H and O–H groups in total. The smallest absolute Gasteiger partial charge is 0.188 e. The second kappa shape index (κ2) is 5.73. The molecule has 0 spiro atoms. The first kappa shape index (κ1) is 12.0. The third-order valence-electron chi connectivity index (χ3n) is 2.40. The van der Waals surface area contributed by atoms with Crippen molar-refractivity contribution in [2.45, 2.75) is 19.9 Å². The predicted octanol–water partition coefficient (Wildman–Crippen LogP) is 2.26. The predicted molar refractivity (Wildman–Crippen MR) is 61.2 cm³/mol. The van der Waals surface area contributed by atoms with E-state index in [1.165, 1.54) is 5.56 Å². The summed E-state index contributed by atoms with van der Waals surface area (Å²) in [6.07, 6.45) is 0. The molecule has 1 aromatic rings. The van der Waals surface area contributed by atoms with Gasteiger partial charge < -0.3 is 14.8 Å². The van der Waals surface area contributed by atoms with Crippen molar-refractivity contribution < 1.29 is 9.47 Å². The highest BCUT2D eigenvalue weighted by molar-refractivity contribution is 5.39. The molecule has 0 saturated carbocycles. The lowest BCUT2D eigenvalue weighted by molar-refractivity contribution is 0.0501. The van der Waals surface area contributed by atoms with Crippen LogP contribution in [0.25, 0.3) is 0 Å². The number of hydrogen-bond acceptors (Lipinski definition) is 3. The third kappa shape index (κ3) is 3.22. The van der Waals surface area contributed by atoms with E-state index in [2.05, 4.69) is 24.4 Å². The molecule has 84 valence electrons. The van der Waals surface area contributed by atoms with Crippen LogP contribution >= 0.6 is 0 Å². The minimum Gasteiger partial charge on any atom is -0.467 e. The maximum atomic E-state index is 5.53. The van der Waals surface area contributed by atoms with Crippen molar-refractivity contribution in [1.82, 2.24) is 5.32 Å².